The molecule has 0 spiro atoms. The van der Waals surface area contributed by atoms with E-state index in [0.29, 0.717) is 30.4 Å². The molecule has 0 aliphatic carbocycles. The van der Waals surface area contributed by atoms with Crippen LogP contribution in [0.1, 0.15) is 24.2 Å². The van der Waals surface area contributed by atoms with Gasteiger partial charge in [0.05, 0.1) is 13.2 Å². The van der Waals surface area contributed by atoms with E-state index in [-0.39, 0.29) is 18.6 Å². The number of nitrogens with one attached hydrogen (secondary N) is 1. The summed E-state index contributed by atoms with van der Waals surface area (Å²) in [7, 11) is 0. The van der Waals surface area contributed by atoms with Gasteiger partial charge in [-0.15, -0.1) is 0 Å². The maximum Gasteiger partial charge on any atom is 0.411 e. The van der Waals surface area contributed by atoms with Gasteiger partial charge < -0.3 is 14.4 Å². The van der Waals surface area contributed by atoms with E-state index in [4.69, 9.17) is 21.1 Å². The highest BCUT2D eigenvalue weighted by atomic mass is 35.5. The Labute approximate surface area is 163 Å². The number of anilines is 1. The van der Waals surface area contributed by atoms with E-state index in [2.05, 4.69) is 5.32 Å². The van der Waals surface area contributed by atoms with Gasteiger partial charge in [0.1, 0.15) is 12.7 Å². The minimum atomic E-state index is -0.533. The number of nitrogens with zero attached hydrogens (tertiary/aromatic N) is 1. The highest BCUT2D eigenvalue weighted by Gasteiger charge is 2.23. The first-order valence-electron chi connectivity index (χ1n) is 8.66. The SMILES string of the molecule is CC(=O)N1CCOC(c2ccc(NC(=O)OCc3ccc(Cl)cc3)cc2)C1. The second-order valence-corrected chi connectivity index (χ2v) is 6.71. The molecule has 2 amide bonds. The number of amides is 2. The number of ether oxygens (including phenoxy) is 2. The number of carbonyl (C=O) groups is 2. The molecule has 1 saturated heterocycles. The van der Waals surface area contributed by atoms with Crippen LogP contribution >= 0.6 is 11.6 Å². The van der Waals surface area contributed by atoms with E-state index >= 15 is 0 Å². The summed E-state index contributed by atoms with van der Waals surface area (Å²) in [4.78, 5) is 25.2. The second kappa shape index (κ2) is 8.88. The number of hydrogen-bond donors (Lipinski definition) is 1. The topological polar surface area (TPSA) is 67.9 Å². The first-order chi connectivity index (χ1) is 13.0. The molecule has 7 heteroatoms. The largest absolute Gasteiger partial charge is 0.444 e. The Hall–Kier alpha value is -2.57. The minimum Gasteiger partial charge on any atom is -0.444 e. The Balaban J connectivity index is 1.51. The third kappa shape index (κ3) is 5.45. The van der Waals surface area contributed by atoms with Crippen LogP contribution in [0.5, 0.6) is 0 Å². The van der Waals surface area contributed by atoms with Crippen molar-refractivity contribution in [1.29, 1.82) is 0 Å². The molecule has 0 saturated carbocycles. The Bertz CT molecular complexity index is 793. The predicted octanol–water partition coefficient (Wildman–Crippen LogP) is 4.01. The lowest BCUT2D eigenvalue weighted by Crippen LogP contribution is -2.41. The summed E-state index contributed by atoms with van der Waals surface area (Å²) in [5.74, 6) is 0.0463. The Kier molecular flexibility index (Phi) is 6.32. The van der Waals surface area contributed by atoms with Crippen LogP contribution < -0.4 is 5.32 Å². The molecule has 0 aromatic heterocycles. The van der Waals surface area contributed by atoms with Crippen molar-refractivity contribution in [2.75, 3.05) is 25.0 Å². The zero-order valence-corrected chi connectivity index (χ0v) is 15.7. The van der Waals surface area contributed by atoms with Gasteiger partial charge in [-0.05, 0) is 35.4 Å². The van der Waals surface area contributed by atoms with Gasteiger partial charge in [0, 0.05) is 24.2 Å². The van der Waals surface area contributed by atoms with Gasteiger partial charge in [-0.2, -0.15) is 0 Å². The zero-order valence-electron chi connectivity index (χ0n) is 15.0. The van der Waals surface area contributed by atoms with Gasteiger partial charge in [-0.1, -0.05) is 35.9 Å². The smallest absolute Gasteiger partial charge is 0.411 e. The maximum atomic E-state index is 11.9. The minimum absolute atomic E-state index is 0.0463. The molecular weight excluding hydrogens is 368 g/mol. The van der Waals surface area contributed by atoms with Gasteiger partial charge in [0.2, 0.25) is 5.91 Å². The molecule has 0 radical (unpaired) electrons. The van der Waals surface area contributed by atoms with Crippen molar-refractivity contribution >= 4 is 29.3 Å². The second-order valence-electron chi connectivity index (χ2n) is 6.27. The Morgan fingerprint density at radius 3 is 2.56 bits per heavy atom. The van der Waals surface area contributed by atoms with Gasteiger partial charge in [-0.3, -0.25) is 10.1 Å². The fourth-order valence-electron chi connectivity index (χ4n) is 2.80. The molecule has 1 aliphatic rings. The summed E-state index contributed by atoms with van der Waals surface area (Å²) in [6.45, 7) is 3.39. The van der Waals surface area contributed by atoms with Gasteiger partial charge in [0.15, 0.2) is 0 Å². The fraction of sp³-hybridized carbons (Fsp3) is 0.300. The van der Waals surface area contributed by atoms with E-state index in [0.717, 1.165) is 11.1 Å². The highest BCUT2D eigenvalue weighted by molar-refractivity contribution is 6.30. The summed E-state index contributed by atoms with van der Waals surface area (Å²) in [6.07, 6.45) is -0.692. The third-order valence-electron chi connectivity index (χ3n) is 4.32. The lowest BCUT2D eigenvalue weighted by molar-refractivity contribution is -0.136. The summed E-state index contributed by atoms with van der Waals surface area (Å²) in [5.41, 5.74) is 2.44. The molecule has 1 N–H and O–H groups in total. The van der Waals surface area contributed by atoms with Crippen LogP contribution in [0, 0.1) is 0 Å². The van der Waals surface area contributed by atoms with Crippen molar-refractivity contribution in [2.45, 2.75) is 19.6 Å². The number of morpholine rings is 1. The zero-order chi connectivity index (χ0) is 19.2. The van der Waals surface area contributed by atoms with Crippen LogP contribution in [-0.4, -0.2) is 36.6 Å². The van der Waals surface area contributed by atoms with E-state index in [1.807, 2.05) is 12.1 Å². The van der Waals surface area contributed by atoms with E-state index in [9.17, 15) is 9.59 Å². The molecule has 2 aromatic rings. The summed E-state index contributed by atoms with van der Waals surface area (Å²) in [6, 6.07) is 14.4. The van der Waals surface area contributed by atoms with Crippen LogP contribution in [0.3, 0.4) is 0 Å². The third-order valence-corrected chi connectivity index (χ3v) is 4.58. The predicted molar refractivity (Wildman–Crippen MR) is 103 cm³/mol. The molecule has 1 fully saturated rings. The maximum absolute atomic E-state index is 11.9. The molecule has 2 aromatic carbocycles. The number of hydrogen-bond acceptors (Lipinski definition) is 4. The first kappa shape index (κ1) is 19.2. The van der Waals surface area contributed by atoms with Crippen molar-refractivity contribution in [1.82, 2.24) is 4.90 Å². The van der Waals surface area contributed by atoms with Gasteiger partial charge in [0.25, 0.3) is 0 Å². The molecule has 1 heterocycles. The summed E-state index contributed by atoms with van der Waals surface area (Å²) in [5, 5.41) is 3.32. The Morgan fingerprint density at radius 1 is 1.19 bits per heavy atom. The molecule has 6 nitrogen and oxygen atoms in total. The van der Waals surface area contributed by atoms with Crippen LogP contribution in [0.2, 0.25) is 5.02 Å². The van der Waals surface area contributed by atoms with Crippen LogP contribution in [0.4, 0.5) is 10.5 Å². The average molecular weight is 389 g/mol. The number of rotatable bonds is 4. The van der Waals surface area contributed by atoms with Crippen molar-refractivity contribution in [2.24, 2.45) is 0 Å². The Morgan fingerprint density at radius 2 is 1.89 bits per heavy atom. The quantitative estimate of drug-likeness (QED) is 0.859. The molecule has 1 aliphatic heterocycles. The molecule has 3 rings (SSSR count). The number of benzene rings is 2. The van der Waals surface area contributed by atoms with Crippen molar-refractivity contribution in [3.63, 3.8) is 0 Å². The van der Waals surface area contributed by atoms with Gasteiger partial charge >= 0.3 is 6.09 Å². The van der Waals surface area contributed by atoms with Crippen molar-refractivity contribution in [3.8, 4) is 0 Å². The number of carbonyl (C=O) groups excluding carboxylic acids is 2. The standard InChI is InChI=1S/C20H21ClN2O4/c1-14(24)23-10-11-26-19(12-23)16-4-8-18(9-5-16)22-20(25)27-13-15-2-6-17(21)7-3-15/h2-9,19H,10-13H2,1H3,(H,22,25). The average Bonchev–Trinajstić information content (AvgIpc) is 2.68. The number of halogens is 1. The summed E-state index contributed by atoms with van der Waals surface area (Å²) >= 11 is 5.83. The normalized spacial score (nSPS) is 16.7. The lowest BCUT2D eigenvalue weighted by Gasteiger charge is -2.32. The monoisotopic (exact) mass is 388 g/mol. The van der Waals surface area contributed by atoms with E-state index in [1.54, 1.807) is 48.2 Å². The molecule has 1 atom stereocenters. The first-order valence-corrected chi connectivity index (χ1v) is 9.04. The summed E-state index contributed by atoms with van der Waals surface area (Å²) < 4.78 is 10.9. The lowest BCUT2D eigenvalue weighted by atomic mass is 10.1. The van der Waals surface area contributed by atoms with Crippen LogP contribution in [0.25, 0.3) is 0 Å². The molecule has 142 valence electrons. The highest BCUT2D eigenvalue weighted by Crippen LogP contribution is 2.24. The van der Waals surface area contributed by atoms with Crippen molar-refractivity contribution in [3.05, 3.63) is 64.7 Å². The van der Waals surface area contributed by atoms with Crippen LogP contribution in [0.15, 0.2) is 48.5 Å². The fourth-order valence-corrected chi connectivity index (χ4v) is 2.93. The van der Waals surface area contributed by atoms with Gasteiger partial charge in [-0.25, -0.2) is 4.79 Å². The van der Waals surface area contributed by atoms with E-state index < -0.39 is 6.09 Å². The molecule has 27 heavy (non-hydrogen) atoms. The molecule has 0 bridgehead atoms. The molecule has 1 unspecified atom stereocenters. The van der Waals surface area contributed by atoms with Crippen molar-refractivity contribution < 1.29 is 19.1 Å². The van der Waals surface area contributed by atoms with Crippen LogP contribution in [-0.2, 0) is 20.9 Å². The van der Waals surface area contributed by atoms with E-state index in [1.165, 1.54) is 0 Å². The molecular formula is C20H21ClN2O4.